The van der Waals surface area contributed by atoms with Gasteiger partial charge in [0.1, 0.15) is 17.3 Å². The molecule has 1 aliphatic rings. The number of hydrogen-bond acceptors (Lipinski definition) is 9. The van der Waals surface area contributed by atoms with Gasteiger partial charge in [-0.2, -0.15) is 15.0 Å². The minimum Gasteiger partial charge on any atom is -0.497 e. The van der Waals surface area contributed by atoms with Crippen LogP contribution in [0.3, 0.4) is 0 Å². The van der Waals surface area contributed by atoms with Crippen molar-refractivity contribution in [2.75, 3.05) is 58.0 Å². The van der Waals surface area contributed by atoms with Crippen LogP contribution in [0.2, 0.25) is 0 Å². The molecular weight excluding hydrogens is 346 g/mol. The average Bonchev–Trinajstić information content (AvgIpc) is 2.67. The van der Waals surface area contributed by atoms with Crippen LogP contribution in [0, 0.1) is 0 Å². The summed E-state index contributed by atoms with van der Waals surface area (Å²) in [6, 6.07) is 5.48. The van der Waals surface area contributed by atoms with E-state index in [1.54, 1.807) is 20.3 Å². The first-order valence-corrected chi connectivity index (χ1v) is 9.05. The van der Waals surface area contributed by atoms with Crippen LogP contribution in [0.25, 0.3) is 0 Å². The highest BCUT2D eigenvalue weighted by Gasteiger charge is 2.17. The Labute approximate surface area is 159 Å². The molecule has 1 fully saturated rings. The fraction of sp³-hybridized carbons (Fsp3) is 0.500. The lowest BCUT2D eigenvalue weighted by Crippen LogP contribution is -2.45. The van der Waals surface area contributed by atoms with Gasteiger partial charge in [0.25, 0.3) is 0 Å². The maximum atomic E-state index is 5.90. The normalized spacial score (nSPS) is 15.5. The summed E-state index contributed by atoms with van der Waals surface area (Å²) in [5, 5.41) is 3.16. The Bertz CT molecular complexity index is 741. The van der Waals surface area contributed by atoms with E-state index in [1.165, 1.54) is 0 Å². The van der Waals surface area contributed by atoms with E-state index in [9.17, 15) is 0 Å². The molecule has 9 nitrogen and oxygen atoms in total. The third-order valence-electron chi connectivity index (χ3n) is 4.58. The van der Waals surface area contributed by atoms with Gasteiger partial charge in [0.2, 0.25) is 11.9 Å². The van der Waals surface area contributed by atoms with Crippen LogP contribution in [0.15, 0.2) is 18.2 Å². The second-order valence-corrected chi connectivity index (χ2v) is 6.37. The number of piperazine rings is 1. The van der Waals surface area contributed by atoms with E-state index in [1.807, 2.05) is 12.1 Å². The third-order valence-corrected chi connectivity index (χ3v) is 4.58. The molecule has 1 saturated heterocycles. The molecule has 0 aliphatic carbocycles. The minimum absolute atomic E-state index is 0.199. The number of hydrogen-bond donors (Lipinski definition) is 2. The van der Waals surface area contributed by atoms with E-state index < -0.39 is 0 Å². The molecule has 0 bridgehead atoms. The van der Waals surface area contributed by atoms with E-state index in [0.717, 1.165) is 38.4 Å². The molecule has 0 spiro atoms. The molecule has 0 unspecified atom stereocenters. The molecule has 1 aliphatic heterocycles. The summed E-state index contributed by atoms with van der Waals surface area (Å²) < 4.78 is 10.6. The largest absolute Gasteiger partial charge is 0.497 e. The van der Waals surface area contributed by atoms with E-state index in [4.69, 9.17) is 15.2 Å². The first kappa shape index (κ1) is 19.1. The number of nitrogens with one attached hydrogen (secondary N) is 1. The van der Waals surface area contributed by atoms with E-state index in [0.29, 0.717) is 29.8 Å². The monoisotopic (exact) mass is 373 g/mol. The van der Waals surface area contributed by atoms with Gasteiger partial charge in [-0.3, -0.25) is 4.90 Å². The van der Waals surface area contributed by atoms with E-state index in [2.05, 4.69) is 37.0 Å². The summed E-state index contributed by atoms with van der Waals surface area (Å²) in [7, 11) is 3.21. The molecule has 2 aromatic rings. The summed E-state index contributed by atoms with van der Waals surface area (Å²) in [6.07, 6.45) is 0. The van der Waals surface area contributed by atoms with Gasteiger partial charge in [0.05, 0.1) is 20.8 Å². The van der Waals surface area contributed by atoms with E-state index >= 15 is 0 Å². The third kappa shape index (κ3) is 5.18. The lowest BCUT2D eigenvalue weighted by molar-refractivity contribution is 0.129. The van der Waals surface area contributed by atoms with Crippen molar-refractivity contribution in [3.8, 4) is 11.5 Å². The maximum Gasteiger partial charge on any atom is 0.232 e. The highest BCUT2D eigenvalue weighted by atomic mass is 16.5. The zero-order valence-electron chi connectivity index (χ0n) is 16.1. The van der Waals surface area contributed by atoms with Crippen LogP contribution in [-0.4, -0.2) is 71.7 Å². The molecule has 27 heavy (non-hydrogen) atoms. The number of nitrogen functional groups attached to an aromatic ring is 1. The molecule has 2 heterocycles. The number of nitrogens with zero attached hydrogens (tertiary/aromatic N) is 5. The van der Waals surface area contributed by atoms with Crippen molar-refractivity contribution < 1.29 is 9.47 Å². The number of anilines is 3. The molecular formula is C18H27N7O2. The van der Waals surface area contributed by atoms with Crippen molar-refractivity contribution in [3.05, 3.63) is 24.0 Å². The highest BCUT2D eigenvalue weighted by Crippen LogP contribution is 2.27. The Kier molecular flexibility index (Phi) is 6.25. The quantitative estimate of drug-likeness (QED) is 0.744. The van der Waals surface area contributed by atoms with E-state index in [-0.39, 0.29) is 5.95 Å². The Morgan fingerprint density at radius 2 is 1.59 bits per heavy atom. The molecule has 1 aromatic carbocycles. The number of benzene rings is 1. The molecule has 0 saturated carbocycles. The van der Waals surface area contributed by atoms with Gasteiger partial charge < -0.3 is 25.4 Å². The van der Waals surface area contributed by atoms with Crippen molar-refractivity contribution in [1.29, 1.82) is 0 Å². The van der Waals surface area contributed by atoms with Crippen molar-refractivity contribution in [1.82, 2.24) is 24.8 Å². The number of ether oxygens (including phenoxy) is 2. The van der Waals surface area contributed by atoms with Crippen molar-refractivity contribution in [3.63, 3.8) is 0 Å². The van der Waals surface area contributed by atoms with Gasteiger partial charge in [-0.1, -0.05) is 6.92 Å². The predicted octanol–water partition coefficient (Wildman–Crippen LogP) is 1.35. The highest BCUT2D eigenvalue weighted by molar-refractivity contribution is 5.59. The second-order valence-electron chi connectivity index (χ2n) is 6.37. The van der Waals surface area contributed by atoms with Gasteiger partial charge in [-0.25, -0.2) is 0 Å². The Morgan fingerprint density at radius 1 is 0.963 bits per heavy atom. The fourth-order valence-corrected chi connectivity index (χ4v) is 3.04. The van der Waals surface area contributed by atoms with Gasteiger partial charge in [-0.05, 0) is 6.54 Å². The van der Waals surface area contributed by atoms with Gasteiger partial charge in [0.15, 0.2) is 0 Å². The predicted molar refractivity (Wildman–Crippen MR) is 104 cm³/mol. The smallest absolute Gasteiger partial charge is 0.232 e. The Morgan fingerprint density at radius 3 is 2.19 bits per heavy atom. The van der Waals surface area contributed by atoms with Crippen molar-refractivity contribution >= 4 is 17.6 Å². The first-order chi connectivity index (χ1) is 13.1. The lowest BCUT2D eigenvalue weighted by Gasteiger charge is -2.33. The van der Waals surface area contributed by atoms with Crippen LogP contribution in [0.5, 0.6) is 11.5 Å². The summed E-state index contributed by atoms with van der Waals surface area (Å²) >= 11 is 0. The van der Waals surface area contributed by atoms with Crippen LogP contribution >= 0.6 is 0 Å². The number of methoxy groups -OCH3 is 2. The fourth-order valence-electron chi connectivity index (χ4n) is 3.04. The van der Waals surface area contributed by atoms with Gasteiger partial charge in [0, 0.05) is 50.1 Å². The SMILES string of the molecule is CCN1CCN(Cc2nc(N)nc(Nc3cc(OC)cc(OC)c3)n2)CC1. The second kappa shape index (κ2) is 8.83. The van der Waals surface area contributed by atoms with Crippen LogP contribution in [0.4, 0.5) is 17.6 Å². The molecule has 0 atom stereocenters. The molecule has 3 N–H and O–H groups in total. The van der Waals surface area contributed by atoms with Crippen LogP contribution in [-0.2, 0) is 6.54 Å². The molecule has 0 amide bonds. The van der Waals surface area contributed by atoms with Gasteiger partial charge in [-0.15, -0.1) is 0 Å². The number of aromatic nitrogens is 3. The minimum atomic E-state index is 0.199. The maximum absolute atomic E-state index is 5.90. The summed E-state index contributed by atoms with van der Waals surface area (Å²) in [5.74, 6) is 2.61. The van der Waals surface area contributed by atoms with Crippen molar-refractivity contribution in [2.24, 2.45) is 0 Å². The molecule has 3 rings (SSSR count). The average molecular weight is 373 g/mol. The van der Waals surface area contributed by atoms with Crippen molar-refractivity contribution in [2.45, 2.75) is 13.5 Å². The van der Waals surface area contributed by atoms with Gasteiger partial charge >= 0.3 is 0 Å². The van der Waals surface area contributed by atoms with Crippen LogP contribution in [0.1, 0.15) is 12.7 Å². The standard InChI is InChI=1S/C18H27N7O2/c1-4-24-5-7-25(8-6-24)12-16-21-17(19)23-18(22-16)20-13-9-14(26-2)11-15(10-13)27-3/h9-11H,4-8,12H2,1-3H3,(H3,19,20,21,22,23). The molecule has 146 valence electrons. The number of rotatable bonds is 7. The Hall–Kier alpha value is -2.65. The number of likely N-dealkylation sites (N-methyl/N-ethyl adjacent to an activating group) is 1. The zero-order chi connectivity index (χ0) is 19.2. The summed E-state index contributed by atoms with van der Waals surface area (Å²) in [6.45, 7) is 8.04. The topological polar surface area (TPSA) is 102 Å². The first-order valence-electron chi connectivity index (χ1n) is 9.05. The molecule has 1 aromatic heterocycles. The summed E-state index contributed by atoms with van der Waals surface area (Å²) in [5.41, 5.74) is 6.64. The summed E-state index contributed by atoms with van der Waals surface area (Å²) in [4.78, 5) is 17.8. The van der Waals surface area contributed by atoms with Crippen LogP contribution < -0.4 is 20.5 Å². The number of nitrogens with two attached hydrogens (primary N) is 1. The Balaban J connectivity index is 1.72. The molecule has 9 heteroatoms. The molecule has 0 radical (unpaired) electrons. The zero-order valence-corrected chi connectivity index (χ0v) is 16.1. The lowest BCUT2D eigenvalue weighted by atomic mass is 10.3.